The van der Waals surface area contributed by atoms with Crippen molar-refractivity contribution in [3.05, 3.63) is 0 Å². The minimum absolute atomic E-state index is 0.0406. The predicted octanol–water partition coefficient (Wildman–Crippen LogP) is -0.188. The summed E-state index contributed by atoms with van der Waals surface area (Å²) in [7, 11) is -4.29. The molecule has 2 unspecified atom stereocenters. The molecule has 0 bridgehead atoms. The second-order valence-electron chi connectivity index (χ2n) is 6.90. The molecule has 166 valence electrons. The van der Waals surface area contributed by atoms with Crippen LogP contribution in [0.1, 0.15) is 26.7 Å². The lowest BCUT2D eigenvalue weighted by Gasteiger charge is -2.38. The first-order chi connectivity index (χ1) is 13.3. The van der Waals surface area contributed by atoms with Crippen LogP contribution < -0.4 is 10.6 Å². The number of phosphoric acid groups is 1. The van der Waals surface area contributed by atoms with Gasteiger partial charge in [-0.15, -0.1) is 11.8 Å². The van der Waals surface area contributed by atoms with E-state index in [2.05, 4.69) is 15.2 Å². The summed E-state index contributed by atoms with van der Waals surface area (Å²) in [5.74, 6) is -3.31. The monoisotopic (exact) mass is 456 g/mol. The summed E-state index contributed by atoms with van der Waals surface area (Å²) in [5.41, 5.74) is -0.836. The van der Waals surface area contributed by atoms with E-state index in [4.69, 9.17) is 14.7 Å². The van der Waals surface area contributed by atoms with Gasteiger partial charge in [0.05, 0.1) is 13.0 Å². The van der Waals surface area contributed by atoms with Crippen LogP contribution in [-0.4, -0.2) is 75.7 Å². The Morgan fingerprint density at radius 3 is 2.45 bits per heavy atom. The van der Waals surface area contributed by atoms with Crippen molar-refractivity contribution in [2.24, 2.45) is 5.41 Å². The van der Waals surface area contributed by atoms with Crippen LogP contribution in [0.5, 0.6) is 0 Å². The van der Waals surface area contributed by atoms with Crippen LogP contribution in [-0.2, 0) is 32.8 Å². The lowest BCUT2D eigenvalue weighted by atomic mass is 9.87. The van der Waals surface area contributed by atoms with Crippen LogP contribution >= 0.6 is 19.6 Å². The molecule has 1 fully saturated rings. The van der Waals surface area contributed by atoms with E-state index in [1.165, 1.54) is 0 Å². The first kappa shape index (κ1) is 25.4. The zero-order chi connectivity index (χ0) is 22.2. The smallest absolute Gasteiger partial charge is 0.472 e. The maximum Gasteiger partial charge on any atom is 0.472 e. The lowest BCUT2D eigenvalue weighted by Crippen LogP contribution is -2.49. The van der Waals surface area contributed by atoms with Crippen molar-refractivity contribution in [3.8, 4) is 0 Å². The highest BCUT2D eigenvalue weighted by atomic mass is 32.2. The molecule has 0 aliphatic carbocycles. The van der Waals surface area contributed by atoms with Gasteiger partial charge < -0.3 is 25.7 Å². The quantitative estimate of drug-likeness (QED) is 0.205. The molecule has 1 heterocycles. The highest BCUT2D eigenvalue weighted by molar-refractivity contribution is 8.00. The molecule has 2 amide bonds. The fraction of sp³-hybridized carbons (Fsp3) is 0.733. The number of aliphatic carboxylic acids is 2. The van der Waals surface area contributed by atoms with Gasteiger partial charge in [-0.3, -0.25) is 28.2 Å². The highest BCUT2D eigenvalue weighted by Crippen LogP contribution is 2.52. The van der Waals surface area contributed by atoms with Crippen molar-refractivity contribution in [2.75, 3.05) is 25.4 Å². The molecule has 29 heavy (non-hydrogen) atoms. The number of rotatable bonds is 11. The number of phosphoric ester groups is 1. The summed E-state index contributed by atoms with van der Waals surface area (Å²) < 4.78 is 21.0. The van der Waals surface area contributed by atoms with E-state index in [1.807, 2.05) is 0 Å². The number of hydrogen-bond donors (Lipinski definition) is 5. The Bertz CT molecular complexity index is 686. The number of hydrogen-bond acceptors (Lipinski definition) is 8. The summed E-state index contributed by atoms with van der Waals surface area (Å²) in [6.07, 6.45) is -1.81. The molecular weight excluding hydrogens is 431 g/mol. The number of carbonyl (C=O) groups is 4. The zero-order valence-corrected chi connectivity index (χ0v) is 17.7. The molecule has 0 spiro atoms. The molecule has 3 atom stereocenters. The fourth-order valence-electron chi connectivity index (χ4n) is 2.28. The van der Waals surface area contributed by atoms with Crippen LogP contribution in [0, 0.1) is 5.41 Å². The van der Waals surface area contributed by atoms with Crippen LogP contribution in [0.3, 0.4) is 0 Å². The molecule has 1 saturated heterocycles. The van der Waals surface area contributed by atoms with Gasteiger partial charge in [-0.1, -0.05) is 13.8 Å². The van der Waals surface area contributed by atoms with E-state index in [0.717, 1.165) is 11.8 Å². The van der Waals surface area contributed by atoms with E-state index in [0.29, 0.717) is 0 Å². The second kappa shape index (κ2) is 10.9. The van der Waals surface area contributed by atoms with Crippen molar-refractivity contribution in [1.29, 1.82) is 0 Å². The average molecular weight is 456 g/mol. The van der Waals surface area contributed by atoms with Gasteiger partial charge in [-0.05, 0) is 0 Å². The topological polar surface area (TPSA) is 189 Å². The fourth-order valence-corrected chi connectivity index (χ4v) is 4.39. The lowest BCUT2D eigenvalue weighted by molar-refractivity contribution is -0.142. The van der Waals surface area contributed by atoms with E-state index in [9.17, 15) is 28.6 Å². The molecule has 1 aliphatic heterocycles. The van der Waals surface area contributed by atoms with Crippen LogP contribution in [0.2, 0.25) is 0 Å². The minimum Gasteiger partial charge on any atom is -0.481 e. The largest absolute Gasteiger partial charge is 0.481 e. The summed E-state index contributed by atoms with van der Waals surface area (Å²) >= 11 is 0.904. The van der Waals surface area contributed by atoms with Gasteiger partial charge in [0.25, 0.3) is 0 Å². The second-order valence-corrected chi connectivity index (χ2v) is 9.62. The van der Waals surface area contributed by atoms with Crippen molar-refractivity contribution >= 4 is 43.3 Å². The van der Waals surface area contributed by atoms with Crippen LogP contribution in [0.4, 0.5) is 0 Å². The predicted molar refractivity (Wildman–Crippen MR) is 101 cm³/mol. The average Bonchev–Trinajstić information content (AvgIpc) is 2.59. The van der Waals surface area contributed by atoms with Crippen LogP contribution in [0.25, 0.3) is 0 Å². The van der Waals surface area contributed by atoms with E-state index >= 15 is 0 Å². The Balaban J connectivity index is 2.31. The highest BCUT2D eigenvalue weighted by Gasteiger charge is 2.47. The number of carboxylic acid groups (broad SMARTS) is 2. The van der Waals surface area contributed by atoms with Gasteiger partial charge in [0.2, 0.25) is 11.8 Å². The summed E-state index contributed by atoms with van der Waals surface area (Å²) in [6.45, 7) is 3.22. The van der Waals surface area contributed by atoms with E-state index < -0.39 is 54.8 Å². The molecule has 1 rings (SSSR count). The van der Waals surface area contributed by atoms with Gasteiger partial charge in [-0.2, -0.15) is 0 Å². The van der Waals surface area contributed by atoms with Gasteiger partial charge in [0.15, 0.2) is 6.10 Å². The number of thioether (sulfide) groups is 1. The molecule has 0 saturated carbocycles. The number of amides is 2. The molecule has 1 aliphatic rings. The minimum atomic E-state index is -4.29. The van der Waals surface area contributed by atoms with Crippen molar-refractivity contribution in [2.45, 2.75) is 38.0 Å². The van der Waals surface area contributed by atoms with Crippen molar-refractivity contribution in [3.63, 3.8) is 0 Å². The third kappa shape index (κ3) is 9.13. The molecule has 5 N–H and O–H groups in total. The summed E-state index contributed by atoms with van der Waals surface area (Å²) in [5, 5.41) is 21.4. The molecule has 0 radical (unpaired) electrons. The Hall–Kier alpha value is -1.66. The Morgan fingerprint density at radius 2 is 1.86 bits per heavy atom. The molecular formula is C15H25N2O10PS. The van der Waals surface area contributed by atoms with E-state index in [-0.39, 0.29) is 31.9 Å². The normalized spacial score (nSPS) is 24.3. The Kier molecular flexibility index (Phi) is 9.56. The Labute approximate surface area is 171 Å². The van der Waals surface area contributed by atoms with Gasteiger partial charge in [-0.25, -0.2) is 4.57 Å². The SMILES string of the molecule is CC1(C)COP(=O)(O)O[C@H]1C(=O)NCCC(=O)NCCSC(CC(=O)O)C(=O)O. The Morgan fingerprint density at radius 1 is 1.21 bits per heavy atom. The standard InChI is InChI=1S/C15H25N2O10PS/c1-15(2)8-26-28(24,25)27-12(15)13(21)17-4-3-10(18)16-5-6-29-9(14(22)23)7-11(19)20/h9,12H,3-8H2,1-2H3,(H,16,18)(H,17,21)(H,19,20)(H,22,23)(H,24,25)/t9?,12-/m0/s1. The number of carboxylic acids is 2. The maximum atomic E-state index is 12.2. The number of nitrogens with one attached hydrogen (secondary N) is 2. The molecule has 0 aromatic carbocycles. The first-order valence-electron chi connectivity index (χ1n) is 8.60. The third-order valence-electron chi connectivity index (χ3n) is 3.82. The summed E-state index contributed by atoms with van der Waals surface area (Å²) in [6, 6.07) is 0. The first-order valence-corrected chi connectivity index (χ1v) is 11.1. The molecule has 14 heteroatoms. The van der Waals surface area contributed by atoms with Gasteiger partial charge in [0.1, 0.15) is 5.25 Å². The third-order valence-corrected chi connectivity index (χ3v) is 5.96. The van der Waals surface area contributed by atoms with Crippen LogP contribution in [0.15, 0.2) is 0 Å². The number of carbonyl (C=O) groups excluding carboxylic acids is 2. The zero-order valence-electron chi connectivity index (χ0n) is 16.0. The van der Waals surface area contributed by atoms with Gasteiger partial charge in [0, 0.05) is 30.7 Å². The van der Waals surface area contributed by atoms with Crippen molar-refractivity contribution in [1.82, 2.24) is 10.6 Å². The maximum absolute atomic E-state index is 12.2. The van der Waals surface area contributed by atoms with Gasteiger partial charge >= 0.3 is 19.8 Å². The van der Waals surface area contributed by atoms with E-state index in [1.54, 1.807) is 13.8 Å². The molecule has 0 aromatic heterocycles. The molecule has 0 aromatic rings. The summed E-state index contributed by atoms with van der Waals surface area (Å²) in [4.78, 5) is 54.9. The van der Waals surface area contributed by atoms with Crippen molar-refractivity contribution < 1.29 is 47.9 Å². The molecule has 12 nitrogen and oxygen atoms in total.